The van der Waals surface area contributed by atoms with Crippen LogP contribution >= 0.6 is 11.6 Å². The van der Waals surface area contributed by atoms with Crippen molar-refractivity contribution in [3.05, 3.63) is 58.1 Å². The highest BCUT2D eigenvalue weighted by molar-refractivity contribution is 6.33. The zero-order chi connectivity index (χ0) is 18.4. The molecule has 2 fully saturated rings. The van der Waals surface area contributed by atoms with Crippen LogP contribution in [0.5, 0.6) is 0 Å². The molecule has 2 saturated carbocycles. The fourth-order valence-electron chi connectivity index (χ4n) is 4.50. The third kappa shape index (κ3) is 3.23. The number of benzene rings is 1. The number of pyridine rings is 1. The van der Waals surface area contributed by atoms with E-state index in [4.69, 9.17) is 11.6 Å². The van der Waals surface area contributed by atoms with Crippen molar-refractivity contribution in [2.45, 2.75) is 57.5 Å². The van der Waals surface area contributed by atoms with E-state index in [1.807, 2.05) is 12.3 Å². The van der Waals surface area contributed by atoms with E-state index in [1.165, 1.54) is 55.8 Å². The molecule has 0 saturated heterocycles. The number of rotatable bonds is 4. The van der Waals surface area contributed by atoms with E-state index < -0.39 is 0 Å². The summed E-state index contributed by atoms with van der Waals surface area (Å²) in [5.41, 5.74) is 3.07. The SMILES string of the molecule is O=c1c(Cl)c(-c2ccc3c(ccn3C3CCCCC3)c2)ccn1CC1CC1. The Kier molecular flexibility index (Phi) is 4.35. The minimum absolute atomic E-state index is 0.0686. The highest BCUT2D eigenvalue weighted by Crippen LogP contribution is 2.34. The van der Waals surface area contributed by atoms with Crippen molar-refractivity contribution in [2.75, 3.05) is 0 Å². The van der Waals surface area contributed by atoms with Crippen LogP contribution in [0.1, 0.15) is 51.0 Å². The average molecular weight is 381 g/mol. The molecule has 2 aliphatic rings. The van der Waals surface area contributed by atoms with E-state index in [0.29, 0.717) is 17.0 Å². The summed E-state index contributed by atoms with van der Waals surface area (Å²) in [5.74, 6) is 0.653. The topological polar surface area (TPSA) is 26.9 Å². The second-order valence-electron chi connectivity index (χ2n) is 8.23. The third-order valence-corrected chi connectivity index (χ3v) is 6.62. The lowest BCUT2D eigenvalue weighted by molar-refractivity contribution is 0.361. The summed E-state index contributed by atoms with van der Waals surface area (Å²) >= 11 is 6.48. The molecule has 0 bridgehead atoms. The van der Waals surface area contributed by atoms with Crippen LogP contribution in [0.25, 0.3) is 22.0 Å². The van der Waals surface area contributed by atoms with Gasteiger partial charge in [0.05, 0.1) is 0 Å². The molecule has 0 amide bonds. The van der Waals surface area contributed by atoms with Crippen molar-refractivity contribution < 1.29 is 0 Å². The first-order valence-electron chi connectivity index (χ1n) is 10.2. The molecule has 2 aromatic heterocycles. The predicted molar refractivity (Wildman–Crippen MR) is 111 cm³/mol. The Morgan fingerprint density at radius 3 is 2.56 bits per heavy atom. The second-order valence-corrected chi connectivity index (χ2v) is 8.61. The highest BCUT2D eigenvalue weighted by Gasteiger charge is 2.23. The van der Waals surface area contributed by atoms with Crippen LogP contribution in [0.2, 0.25) is 5.02 Å². The Morgan fingerprint density at radius 2 is 1.78 bits per heavy atom. The maximum atomic E-state index is 12.6. The zero-order valence-electron chi connectivity index (χ0n) is 15.5. The van der Waals surface area contributed by atoms with Gasteiger partial charge < -0.3 is 9.13 Å². The molecule has 0 N–H and O–H groups in total. The fourth-order valence-corrected chi connectivity index (χ4v) is 4.78. The van der Waals surface area contributed by atoms with Crippen molar-refractivity contribution >= 4 is 22.5 Å². The summed E-state index contributed by atoms with van der Waals surface area (Å²) in [4.78, 5) is 12.6. The molecule has 3 aromatic rings. The minimum Gasteiger partial charge on any atom is -0.344 e. The lowest BCUT2D eigenvalue weighted by atomic mass is 9.95. The Morgan fingerprint density at radius 1 is 0.963 bits per heavy atom. The van der Waals surface area contributed by atoms with Crippen LogP contribution in [0.3, 0.4) is 0 Å². The Hall–Kier alpha value is -2.00. The van der Waals surface area contributed by atoms with Crippen LogP contribution in [-0.4, -0.2) is 9.13 Å². The van der Waals surface area contributed by atoms with Crippen LogP contribution < -0.4 is 5.56 Å². The highest BCUT2D eigenvalue weighted by atomic mass is 35.5. The van der Waals surface area contributed by atoms with Gasteiger partial charge in [0.2, 0.25) is 0 Å². The Balaban J connectivity index is 1.50. The number of hydrogen-bond acceptors (Lipinski definition) is 1. The van der Waals surface area contributed by atoms with Gasteiger partial charge in [0.1, 0.15) is 5.02 Å². The maximum absolute atomic E-state index is 12.6. The summed E-state index contributed by atoms with van der Waals surface area (Å²) in [5, 5.41) is 1.56. The fraction of sp³-hybridized carbons (Fsp3) is 0.435. The molecule has 0 atom stereocenters. The van der Waals surface area contributed by atoms with Crippen LogP contribution in [-0.2, 0) is 6.54 Å². The first-order valence-corrected chi connectivity index (χ1v) is 10.6. The average Bonchev–Trinajstić information content (AvgIpc) is 3.42. The second kappa shape index (κ2) is 6.87. The maximum Gasteiger partial charge on any atom is 0.269 e. The first kappa shape index (κ1) is 17.1. The largest absolute Gasteiger partial charge is 0.344 e. The molecule has 0 aliphatic heterocycles. The molecule has 0 unspecified atom stereocenters. The van der Waals surface area contributed by atoms with Gasteiger partial charge in [-0.3, -0.25) is 4.79 Å². The first-order chi connectivity index (χ1) is 13.2. The van der Waals surface area contributed by atoms with Gasteiger partial charge in [0, 0.05) is 41.4 Å². The van der Waals surface area contributed by atoms with E-state index >= 15 is 0 Å². The van der Waals surface area contributed by atoms with E-state index in [9.17, 15) is 4.79 Å². The molecule has 1 aromatic carbocycles. The van der Waals surface area contributed by atoms with E-state index in [1.54, 1.807) is 4.57 Å². The molecule has 2 aliphatic carbocycles. The van der Waals surface area contributed by atoms with E-state index in [0.717, 1.165) is 17.7 Å². The number of halogens is 1. The number of hydrogen-bond donors (Lipinski definition) is 0. The summed E-state index contributed by atoms with van der Waals surface area (Å²) in [6, 6.07) is 11.3. The summed E-state index contributed by atoms with van der Waals surface area (Å²) in [7, 11) is 0. The Labute approximate surface area is 164 Å². The normalized spacial score (nSPS) is 18.3. The van der Waals surface area contributed by atoms with Gasteiger partial charge in [-0.05, 0) is 61.4 Å². The van der Waals surface area contributed by atoms with Crippen LogP contribution in [0.4, 0.5) is 0 Å². The zero-order valence-corrected chi connectivity index (χ0v) is 16.3. The molecule has 4 heteroatoms. The van der Waals surface area contributed by atoms with Gasteiger partial charge in [0.25, 0.3) is 5.56 Å². The van der Waals surface area contributed by atoms with Gasteiger partial charge in [0.15, 0.2) is 0 Å². The van der Waals surface area contributed by atoms with Crippen molar-refractivity contribution in [1.29, 1.82) is 0 Å². The monoisotopic (exact) mass is 380 g/mol. The standard InChI is InChI=1S/C23H25ClN2O/c24-22-20(11-12-25(23(22)27)15-16-6-7-16)17-8-9-21-18(14-17)10-13-26(21)19-4-2-1-3-5-19/h8-14,16,19H,1-7,15H2. The summed E-state index contributed by atoms with van der Waals surface area (Å²) < 4.78 is 4.20. The van der Waals surface area contributed by atoms with Crippen molar-refractivity contribution in [1.82, 2.24) is 9.13 Å². The number of fused-ring (bicyclic) bond motifs is 1. The number of nitrogens with zero attached hydrogens (tertiary/aromatic N) is 2. The van der Waals surface area contributed by atoms with Gasteiger partial charge in [-0.1, -0.05) is 36.9 Å². The van der Waals surface area contributed by atoms with Crippen molar-refractivity contribution in [3.8, 4) is 11.1 Å². The molecule has 140 valence electrons. The van der Waals surface area contributed by atoms with Crippen molar-refractivity contribution in [3.63, 3.8) is 0 Å². The smallest absolute Gasteiger partial charge is 0.269 e. The van der Waals surface area contributed by atoms with E-state index in [-0.39, 0.29) is 5.56 Å². The third-order valence-electron chi connectivity index (χ3n) is 6.26. The van der Waals surface area contributed by atoms with Crippen LogP contribution in [0.15, 0.2) is 47.5 Å². The molecule has 5 rings (SSSR count). The predicted octanol–water partition coefficient (Wildman–Crippen LogP) is 6.04. The van der Waals surface area contributed by atoms with E-state index in [2.05, 4.69) is 35.0 Å². The van der Waals surface area contributed by atoms with Crippen LogP contribution in [0, 0.1) is 5.92 Å². The summed E-state index contributed by atoms with van der Waals surface area (Å²) in [6.45, 7) is 0.794. The van der Waals surface area contributed by atoms with Gasteiger partial charge in [-0.15, -0.1) is 0 Å². The van der Waals surface area contributed by atoms with Crippen molar-refractivity contribution in [2.24, 2.45) is 5.92 Å². The molecule has 2 heterocycles. The Bertz CT molecular complexity index is 1040. The molecule has 27 heavy (non-hydrogen) atoms. The molecule has 3 nitrogen and oxygen atoms in total. The summed E-state index contributed by atoms with van der Waals surface area (Å²) in [6.07, 6.45) is 13.1. The lowest BCUT2D eigenvalue weighted by Crippen LogP contribution is -2.21. The van der Waals surface area contributed by atoms with Gasteiger partial charge >= 0.3 is 0 Å². The minimum atomic E-state index is -0.0686. The quantitative estimate of drug-likeness (QED) is 0.542. The molecule has 0 spiro atoms. The lowest BCUT2D eigenvalue weighted by Gasteiger charge is -2.24. The molecule has 0 radical (unpaired) electrons. The molecular weight excluding hydrogens is 356 g/mol. The van der Waals surface area contributed by atoms with Gasteiger partial charge in [-0.2, -0.15) is 0 Å². The van der Waals surface area contributed by atoms with Gasteiger partial charge in [-0.25, -0.2) is 0 Å². The molecular formula is C23H25ClN2O. The number of aromatic nitrogens is 2.